The summed E-state index contributed by atoms with van der Waals surface area (Å²) < 4.78 is 14.1. The molecule has 0 radical (unpaired) electrons. The van der Waals surface area contributed by atoms with Gasteiger partial charge in [-0.25, -0.2) is 9.50 Å². The summed E-state index contributed by atoms with van der Waals surface area (Å²) in [7, 11) is 1.65. The lowest BCUT2D eigenvalue weighted by Crippen LogP contribution is -2.23. The van der Waals surface area contributed by atoms with Crippen molar-refractivity contribution in [2.24, 2.45) is 0 Å². The largest absolute Gasteiger partial charge is 0.497 e. The molecule has 2 aliphatic rings. The van der Waals surface area contributed by atoms with Crippen LogP contribution in [0.1, 0.15) is 36.2 Å². The summed E-state index contributed by atoms with van der Waals surface area (Å²) in [5, 5.41) is 8.08. The lowest BCUT2D eigenvalue weighted by molar-refractivity contribution is 0.0832. The van der Waals surface area contributed by atoms with Gasteiger partial charge in [-0.15, -0.1) is 5.10 Å². The van der Waals surface area contributed by atoms with Crippen molar-refractivity contribution >= 4 is 11.5 Å². The molecular formula is C19H21N5O3. The van der Waals surface area contributed by atoms with Gasteiger partial charge in [0.15, 0.2) is 5.52 Å². The molecule has 0 bridgehead atoms. The van der Waals surface area contributed by atoms with E-state index in [4.69, 9.17) is 14.6 Å². The molecule has 1 atom stereocenters. The van der Waals surface area contributed by atoms with E-state index in [9.17, 15) is 4.79 Å². The van der Waals surface area contributed by atoms with Crippen LogP contribution < -0.4 is 15.6 Å². The van der Waals surface area contributed by atoms with E-state index in [1.807, 2.05) is 24.3 Å². The molecule has 0 saturated carbocycles. The van der Waals surface area contributed by atoms with E-state index in [2.05, 4.69) is 10.3 Å². The third-order valence-corrected chi connectivity index (χ3v) is 5.45. The van der Waals surface area contributed by atoms with Gasteiger partial charge in [0.05, 0.1) is 25.9 Å². The van der Waals surface area contributed by atoms with Gasteiger partial charge < -0.3 is 14.8 Å². The average molecular weight is 367 g/mol. The van der Waals surface area contributed by atoms with Crippen molar-refractivity contribution in [3.05, 3.63) is 52.2 Å². The topological polar surface area (TPSA) is 82.7 Å². The zero-order chi connectivity index (χ0) is 18.4. The Labute approximate surface area is 155 Å². The number of methoxy groups -OCH3 is 1. The molecule has 5 rings (SSSR count). The third-order valence-electron chi connectivity index (χ3n) is 5.45. The lowest BCUT2D eigenvalue weighted by Gasteiger charge is -2.20. The maximum Gasteiger partial charge on any atom is 0.281 e. The van der Waals surface area contributed by atoms with Crippen molar-refractivity contribution in [1.29, 1.82) is 0 Å². The number of imidazole rings is 1. The second-order valence-electron chi connectivity index (χ2n) is 7.01. The summed E-state index contributed by atoms with van der Waals surface area (Å²) in [6.45, 7) is 1.99. The minimum absolute atomic E-state index is 0.00250. The molecule has 27 heavy (non-hydrogen) atoms. The van der Waals surface area contributed by atoms with Crippen LogP contribution in [0.25, 0.3) is 5.52 Å². The molecule has 140 valence electrons. The summed E-state index contributed by atoms with van der Waals surface area (Å²) in [6, 6.07) is 7.87. The van der Waals surface area contributed by atoms with Crippen LogP contribution in [0.5, 0.6) is 5.75 Å². The molecule has 2 aromatic heterocycles. The number of rotatable bonds is 3. The number of anilines is 1. The number of nitrogens with one attached hydrogen (secondary N) is 1. The van der Waals surface area contributed by atoms with E-state index in [0.29, 0.717) is 18.0 Å². The van der Waals surface area contributed by atoms with Gasteiger partial charge in [0.25, 0.3) is 5.56 Å². The lowest BCUT2D eigenvalue weighted by atomic mass is 10.00. The van der Waals surface area contributed by atoms with Crippen LogP contribution in [0, 0.1) is 0 Å². The number of ether oxygens (including phenoxy) is 2. The molecule has 2 aliphatic heterocycles. The SMILES string of the molecule is COc1ccc([C@H]2Cn3c(nn4c(C5CCOCC5)ncc4c3=O)N2)cc1. The Morgan fingerprint density at radius 3 is 2.74 bits per heavy atom. The van der Waals surface area contributed by atoms with Gasteiger partial charge in [0.1, 0.15) is 11.6 Å². The first-order valence-corrected chi connectivity index (χ1v) is 9.21. The summed E-state index contributed by atoms with van der Waals surface area (Å²) >= 11 is 0. The monoisotopic (exact) mass is 367 g/mol. The predicted molar refractivity (Wildman–Crippen MR) is 99.4 cm³/mol. The van der Waals surface area contributed by atoms with Gasteiger partial charge in [-0.05, 0) is 30.5 Å². The Kier molecular flexibility index (Phi) is 3.86. The smallest absolute Gasteiger partial charge is 0.281 e. The maximum absolute atomic E-state index is 13.0. The van der Waals surface area contributed by atoms with Crippen LogP contribution in [0.3, 0.4) is 0 Å². The average Bonchev–Trinajstić information content (AvgIpc) is 3.34. The van der Waals surface area contributed by atoms with Gasteiger partial charge in [-0.2, -0.15) is 0 Å². The Morgan fingerprint density at radius 1 is 1.22 bits per heavy atom. The van der Waals surface area contributed by atoms with E-state index in [1.54, 1.807) is 22.4 Å². The standard InChI is InChI=1S/C19H21N5O3/c1-26-14-4-2-12(3-5-14)15-11-23-18(25)16-10-20-17(13-6-8-27-9-7-13)24(16)22-19(23)21-15/h2-5,10,13,15H,6-9,11H2,1H3,(H,21,22)/t15-/m1/s1. The Hall–Kier alpha value is -2.87. The Morgan fingerprint density at radius 2 is 2.00 bits per heavy atom. The van der Waals surface area contributed by atoms with Crippen molar-refractivity contribution in [1.82, 2.24) is 19.2 Å². The van der Waals surface area contributed by atoms with E-state index < -0.39 is 0 Å². The van der Waals surface area contributed by atoms with Crippen LogP contribution in [0.4, 0.5) is 5.95 Å². The van der Waals surface area contributed by atoms with Crippen molar-refractivity contribution in [3.63, 3.8) is 0 Å². The number of aromatic nitrogens is 4. The van der Waals surface area contributed by atoms with Crippen molar-refractivity contribution < 1.29 is 9.47 Å². The van der Waals surface area contributed by atoms with E-state index in [1.165, 1.54) is 0 Å². The highest BCUT2D eigenvalue weighted by molar-refractivity contribution is 5.48. The molecule has 4 heterocycles. The first-order valence-electron chi connectivity index (χ1n) is 9.21. The van der Waals surface area contributed by atoms with Gasteiger partial charge in [0, 0.05) is 19.1 Å². The fourth-order valence-electron chi connectivity index (χ4n) is 3.91. The van der Waals surface area contributed by atoms with Gasteiger partial charge in [0.2, 0.25) is 5.95 Å². The second kappa shape index (κ2) is 6.38. The zero-order valence-corrected chi connectivity index (χ0v) is 15.1. The maximum atomic E-state index is 13.0. The molecule has 3 aromatic rings. The van der Waals surface area contributed by atoms with Gasteiger partial charge >= 0.3 is 0 Å². The summed E-state index contributed by atoms with van der Waals surface area (Å²) in [5.74, 6) is 2.52. The third kappa shape index (κ3) is 2.68. The van der Waals surface area contributed by atoms with E-state index >= 15 is 0 Å². The van der Waals surface area contributed by atoms with Crippen LogP contribution in [-0.2, 0) is 11.3 Å². The molecular weight excluding hydrogens is 346 g/mol. The fraction of sp³-hybridized carbons (Fsp3) is 0.421. The van der Waals surface area contributed by atoms with Crippen LogP contribution >= 0.6 is 0 Å². The normalized spacial score (nSPS) is 19.8. The quantitative estimate of drug-likeness (QED) is 0.762. The highest BCUT2D eigenvalue weighted by Crippen LogP contribution is 2.29. The summed E-state index contributed by atoms with van der Waals surface area (Å²) in [5.41, 5.74) is 1.56. The second-order valence-corrected chi connectivity index (χ2v) is 7.01. The number of fused-ring (bicyclic) bond motifs is 2. The molecule has 8 nitrogen and oxygen atoms in total. The molecule has 0 spiro atoms. The van der Waals surface area contributed by atoms with E-state index in [-0.39, 0.29) is 17.5 Å². The van der Waals surface area contributed by atoms with Crippen LogP contribution in [0.2, 0.25) is 0 Å². The first-order chi connectivity index (χ1) is 13.2. The summed E-state index contributed by atoms with van der Waals surface area (Å²) in [6.07, 6.45) is 3.45. The Balaban J connectivity index is 1.50. The first kappa shape index (κ1) is 16.3. The van der Waals surface area contributed by atoms with Crippen LogP contribution in [0.15, 0.2) is 35.3 Å². The Bertz CT molecular complexity index is 1030. The molecule has 1 saturated heterocycles. The molecule has 1 fully saturated rings. The van der Waals surface area contributed by atoms with Gasteiger partial charge in [-0.1, -0.05) is 12.1 Å². The van der Waals surface area contributed by atoms with Crippen molar-refractivity contribution in [2.75, 3.05) is 25.6 Å². The van der Waals surface area contributed by atoms with E-state index in [0.717, 1.165) is 43.2 Å². The highest BCUT2D eigenvalue weighted by atomic mass is 16.5. The minimum atomic E-state index is -0.0608. The molecule has 1 N–H and O–H groups in total. The molecule has 1 aromatic carbocycles. The van der Waals surface area contributed by atoms with Crippen molar-refractivity contribution in [2.45, 2.75) is 31.3 Å². The number of hydrogen-bond acceptors (Lipinski definition) is 6. The molecule has 0 unspecified atom stereocenters. The molecule has 0 aliphatic carbocycles. The number of benzene rings is 1. The molecule has 0 amide bonds. The highest BCUT2D eigenvalue weighted by Gasteiger charge is 2.28. The van der Waals surface area contributed by atoms with Crippen molar-refractivity contribution in [3.8, 4) is 5.75 Å². The fourth-order valence-corrected chi connectivity index (χ4v) is 3.91. The minimum Gasteiger partial charge on any atom is -0.497 e. The van der Waals surface area contributed by atoms with Crippen LogP contribution in [-0.4, -0.2) is 39.5 Å². The molecule has 8 heteroatoms. The van der Waals surface area contributed by atoms with Gasteiger partial charge in [-0.3, -0.25) is 9.36 Å². The number of hydrogen-bond donors (Lipinski definition) is 1. The summed E-state index contributed by atoms with van der Waals surface area (Å²) in [4.78, 5) is 17.5. The zero-order valence-electron chi connectivity index (χ0n) is 15.1. The predicted octanol–water partition coefficient (Wildman–Crippen LogP) is 1.96. The number of nitrogens with zero attached hydrogens (tertiary/aromatic N) is 4.